The van der Waals surface area contributed by atoms with Crippen LogP contribution in [0.5, 0.6) is 0 Å². The van der Waals surface area contributed by atoms with E-state index in [9.17, 15) is 4.79 Å². The van der Waals surface area contributed by atoms with Crippen LogP contribution in [0.1, 0.15) is 22.6 Å². The normalized spacial score (nSPS) is 17.6. The van der Waals surface area contributed by atoms with Gasteiger partial charge in [0, 0.05) is 56.9 Å². The summed E-state index contributed by atoms with van der Waals surface area (Å²) in [7, 11) is 1.87. The van der Waals surface area contributed by atoms with Gasteiger partial charge in [0.25, 0.3) is 5.91 Å². The average molecular weight is 270 g/mol. The van der Waals surface area contributed by atoms with E-state index < -0.39 is 0 Å². The lowest BCUT2D eigenvalue weighted by Crippen LogP contribution is -2.35. The van der Waals surface area contributed by atoms with Gasteiger partial charge in [-0.1, -0.05) is 0 Å². The molecular formula is C15H18N4O. The maximum atomic E-state index is 12.3. The summed E-state index contributed by atoms with van der Waals surface area (Å²) in [4.78, 5) is 22.4. The molecule has 20 heavy (non-hydrogen) atoms. The van der Waals surface area contributed by atoms with Crippen LogP contribution in [0.25, 0.3) is 0 Å². The first kappa shape index (κ1) is 12.8. The van der Waals surface area contributed by atoms with Gasteiger partial charge in [-0.05, 0) is 24.5 Å². The van der Waals surface area contributed by atoms with Crippen LogP contribution in [-0.2, 0) is 13.0 Å². The molecule has 0 spiro atoms. The molecule has 1 aliphatic rings. The number of rotatable bonds is 3. The fourth-order valence-electron chi connectivity index (χ4n) is 2.77. The van der Waals surface area contributed by atoms with E-state index in [4.69, 9.17) is 0 Å². The number of nitrogens with zero attached hydrogens (tertiary/aromatic N) is 4. The zero-order chi connectivity index (χ0) is 13.9. The van der Waals surface area contributed by atoms with Gasteiger partial charge in [-0.3, -0.25) is 9.78 Å². The topological polar surface area (TPSA) is 51.0 Å². The minimum atomic E-state index is 0.0591. The highest BCUT2D eigenvalue weighted by Crippen LogP contribution is 2.19. The van der Waals surface area contributed by atoms with Gasteiger partial charge >= 0.3 is 0 Å². The number of hydrogen-bond acceptors (Lipinski definition) is 3. The lowest BCUT2D eigenvalue weighted by atomic mass is 9.98. The zero-order valence-electron chi connectivity index (χ0n) is 11.6. The molecule has 0 aliphatic carbocycles. The molecule has 1 amide bonds. The Hall–Kier alpha value is -2.17. The number of hydrogen-bond donors (Lipinski definition) is 0. The summed E-state index contributed by atoms with van der Waals surface area (Å²) in [5, 5.41) is 0. The Balaban J connectivity index is 1.63. The van der Waals surface area contributed by atoms with Crippen LogP contribution >= 0.6 is 0 Å². The molecule has 1 unspecified atom stereocenters. The monoisotopic (exact) mass is 270 g/mol. The van der Waals surface area contributed by atoms with Crippen LogP contribution in [0.4, 0.5) is 0 Å². The van der Waals surface area contributed by atoms with Gasteiger partial charge in [0.2, 0.25) is 0 Å². The minimum absolute atomic E-state index is 0.0591. The summed E-state index contributed by atoms with van der Waals surface area (Å²) < 4.78 is 2.19. The first-order valence-corrected chi connectivity index (χ1v) is 6.89. The number of pyridine rings is 1. The van der Waals surface area contributed by atoms with Crippen molar-refractivity contribution in [1.82, 2.24) is 19.4 Å². The Morgan fingerprint density at radius 3 is 3.00 bits per heavy atom. The molecule has 3 rings (SSSR count). The number of carbonyl (C=O) groups excluding carboxylic acids is 1. The quantitative estimate of drug-likeness (QED) is 0.851. The van der Waals surface area contributed by atoms with E-state index in [-0.39, 0.29) is 5.91 Å². The molecule has 0 aromatic carbocycles. The average Bonchev–Trinajstić information content (AvgIpc) is 2.95. The Bertz CT molecular complexity index is 593. The highest BCUT2D eigenvalue weighted by Gasteiger charge is 2.22. The van der Waals surface area contributed by atoms with Crippen LogP contribution in [0, 0.1) is 5.92 Å². The van der Waals surface area contributed by atoms with Gasteiger partial charge < -0.3 is 9.47 Å². The molecule has 1 atom stereocenters. The van der Waals surface area contributed by atoms with Crippen LogP contribution in [-0.4, -0.2) is 38.9 Å². The molecule has 0 N–H and O–H groups in total. The SMILES string of the molecule is CN(CC1CCc2nccn2C1)C(=O)c1ccncc1. The summed E-state index contributed by atoms with van der Waals surface area (Å²) >= 11 is 0. The first-order chi connectivity index (χ1) is 9.74. The fourth-order valence-corrected chi connectivity index (χ4v) is 2.77. The van der Waals surface area contributed by atoms with E-state index in [1.807, 2.05) is 24.3 Å². The van der Waals surface area contributed by atoms with Crippen molar-refractivity contribution in [3.05, 3.63) is 48.3 Å². The number of imidazole rings is 1. The summed E-state index contributed by atoms with van der Waals surface area (Å²) in [6, 6.07) is 3.52. The van der Waals surface area contributed by atoms with Crippen molar-refractivity contribution < 1.29 is 4.79 Å². The van der Waals surface area contributed by atoms with Crippen molar-refractivity contribution in [1.29, 1.82) is 0 Å². The second kappa shape index (κ2) is 5.45. The minimum Gasteiger partial charge on any atom is -0.341 e. The predicted molar refractivity (Wildman–Crippen MR) is 75.2 cm³/mol. The molecule has 5 heteroatoms. The molecule has 0 fully saturated rings. The van der Waals surface area contributed by atoms with Crippen LogP contribution in [0.2, 0.25) is 0 Å². The molecule has 0 bridgehead atoms. The van der Waals surface area contributed by atoms with Crippen molar-refractivity contribution in [2.75, 3.05) is 13.6 Å². The van der Waals surface area contributed by atoms with Crippen molar-refractivity contribution in [2.45, 2.75) is 19.4 Å². The van der Waals surface area contributed by atoms with Gasteiger partial charge in [-0.25, -0.2) is 4.98 Å². The third kappa shape index (κ3) is 2.57. The lowest BCUT2D eigenvalue weighted by molar-refractivity contribution is 0.0760. The second-order valence-corrected chi connectivity index (χ2v) is 5.32. The van der Waals surface area contributed by atoms with Crippen molar-refractivity contribution in [3.63, 3.8) is 0 Å². The Kier molecular flexibility index (Phi) is 3.50. The fraction of sp³-hybridized carbons (Fsp3) is 0.400. The Morgan fingerprint density at radius 1 is 1.40 bits per heavy atom. The van der Waals surface area contributed by atoms with E-state index in [1.54, 1.807) is 24.5 Å². The number of fused-ring (bicyclic) bond motifs is 1. The summed E-state index contributed by atoms with van der Waals surface area (Å²) in [6.07, 6.45) is 9.26. The van der Waals surface area contributed by atoms with Gasteiger partial charge in [0.15, 0.2) is 0 Å². The second-order valence-electron chi connectivity index (χ2n) is 5.32. The van der Waals surface area contributed by atoms with Crippen LogP contribution in [0.15, 0.2) is 36.9 Å². The number of aromatic nitrogens is 3. The predicted octanol–water partition coefficient (Wildman–Crippen LogP) is 1.61. The lowest BCUT2D eigenvalue weighted by Gasteiger charge is -2.28. The largest absolute Gasteiger partial charge is 0.341 e. The van der Waals surface area contributed by atoms with Gasteiger partial charge in [0.05, 0.1) is 0 Å². The number of aryl methyl sites for hydroxylation is 1. The molecule has 1 aliphatic heterocycles. The summed E-state index contributed by atoms with van der Waals surface area (Å²) in [5.41, 5.74) is 0.696. The zero-order valence-corrected chi connectivity index (χ0v) is 11.6. The van der Waals surface area contributed by atoms with Crippen molar-refractivity contribution >= 4 is 5.91 Å². The molecule has 0 radical (unpaired) electrons. The standard InChI is InChI=1S/C15H18N4O/c1-18(15(20)13-4-6-16-7-5-13)10-12-2-3-14-17-8-9-19(14)11-12/h4-9,12H,2-3,10-11H2,1H3. The van der Waals surface area contributed by atoms with E-state index >= 15 is 0 Å². The molecule has 2 aromatic rings. The number of amides is 1. The molecule has 0 saturated carbocycles. The van der Waals surface area contributed by atoms with E-state index in [0.29, 0.717) is 11.5 Å². The molecule has 0 saturated heterocycles. The summed E-state index contributed by atoms with van der Waals surface area (Å²) in [5.74, 6) is 1.71. The molecule has 5 nitrogen and oxygen atoms in total. The molecular weight excluding hydrogens is 252 g/mol. The van der Waals surface area contributed by atoms with E-state index in [1.165, 1.54) is 0 Å². The van der Waals surface area contributed by atoms with Gasteiger partial charge in [-0.15, -0.1) is 0 Å². The van der Waals surface area contributed by atoms with Gasteiger partial charge in [0.1, 0.15) is 5.82 Å². The first-order valence-electron chi connectivity index (χ1n) is 6.89. The highest BCUT2D eigenvalue weighted by atomic mass is 16.2. The molecule has 104 valence electrons. The van der Waals surface area contributed by atoms with E-state index in [0.717, 1.165) is 31.8 Å². The maximum absolute atomic E-state index is 12.3. The third-order valence-electron chi connectivity index (χ3n) is 3.84. The van der Waals surface area contributed by atoms with Crippen molar-refractivity contribution in [2.24, 2.45) is 5.92 Å². The van der Waals surface area contributed by atoms with E-state index in [2.05, 4.69) is 14.5 Å². The Labute approximate surface area is 118 Å². The van der Waals surface area contributed by atoms with Crippen molar-refractivity contribution in [3.8, 4) is 0 Å². The maximum Gasteiger partial charge on any atom is 0.253 e. The summed E-state index contributed by atoms with van der Waals surface area (Å²) in [6.45, 7) is 1.72. The Morgan fingerprint density at radius 2 is 2.20 bits per heavy atom. The smallest absolute Gasteiger partial charge is 0.253 e. The third-order valence-corrected chi connectivity index (χ3v) is 3.84. The molecule has 3 heterocycles. The van der Waals surface area contributed by atoms with Crippen LogP contribution in [0.3, 0.4) is 0 Å². The highest BCUT2D eigenvalue weighted by molar-refractivity contribution is 5.93. The van der Waals surface area contributed by atoms with Gasteiger partial charge in [-0.2, -0.15) is 0 Å². The molecule has 2 aromatic heterocycles. The number of carbonyl (C=O) groups is 1. The van der Waals surface area contributed by atoms with Crippen LogP contribution < -0.4 is 0 Å².